The van der Waals surface area contributed by atoms with Crippen molar-refractivity contribution in [2.24, 2.45) is 5.73 Å². The number of hydrogen-bond donors (Lipinski definition) is 1. The smallest absolute Gasteiger partial charge is 0.236 e. The van der Waals surface area contributed by atoms with E-state index in [0.29, 0.717) is 6.54 Å². The second-order valence-electron chi connectivity index (χ2n) is 4.57. The van der Waals surface area contributed by atoms with Crippen molar-refractivity contribution in [3.05, 3.63) is 35.9 Å². The molecule has 4 nitrogen and oxygen atoms in total. The van der Waals surface area contributed by atoms with E-state index in [0.717, 1.165) is 25.2 Å². The Bertz CT molecular complexity index is 380. The zero-order valence-corrected chi connectivity index (χ0v) is 10.2. The molecule has 1 fully saturated rings. The van der Waals surface area contributed by atoms with Crippen LogP contribution in [0.2, 0.25) is 0 Å². The van der Waals surface area contributed by atoms with E-state index in [9.17, 15) is 4.79 Å². The number of amides is 1. The first-order valence-corrected chi connectivity index (χ1v) is 5.93. The summed E-state index contributed by atoms with van der Waals surface area (Å²) >= 11 is 0. The van der Waals surface area contributed by atoms with Crippen LogP contribution in [0.3, 0.4) is 0 Å². The predicted octanol–water partition coefficient (Wildman–Crippen LogP) is 0.460. The van der Waals surface area contributed by atoms with E-state index in [-0.39, 0.29) is 11.9 Å². The number of rotatable bonds is 3. The molecule has 1 saturated heterocycles. The Morgan fingerprint density at radius 1 is 1.29 bits per heavy atom. The molecule has 0 aromatic heterocycles. The monoisotopic (exact) mass is 233 g/mol. The number of carbonyl (C=O) groups excluding carboxylic acids is 1. The molecule has 0 bridgehead atoms. The Labute approximate surface area is 102 Å². The Morgan fingerprint density at radius 2 is 2.00 bits per heavy atom. The molecule has 0 saturated carbocycles. The van der Waals surface area contributed by atoms with Crippen LogP contribution >= 0.6 is 0 Å². The highest BCUT2D eigenvalue weighted by molar-refractivity contribution is 5.78. The molecule has 1 aromatic rings. The molecule has 2 rings (SSSR count). The van der Waals surface area contributed by atoms with Crippen LogP contribution in [0.1, 0.15) is 11.6 Å². The standard InChI is InChI=1S/C13H19N3O/c1-15-7-8-16(10-13(15)17)9-12(14)11-5-3-2-4-6-11/h2-6,12H,7-10,14H2,1H3. The van der Waals surface area contributed by atoms with Crippen molar-refractivity contribution in [1.82, 2.24) is 9.80 Å². The Morgan fingerprint density at radius 3 is 2.65 bits per heavy atom. The van der Waals surface area contributed by atoms with Crippen molar-refractivity contribution in [3.8, 4) is 0 Å². The van der Waals surface area contributed by atoms with Gasteiger partial charge < -0.3 is 10.6 Å². The summed E-state index contributed by atoms with van der Waals surface area (Å²) in [6, 6.07) is 10.0. The minimum atomic E-state index is -0.0209. The van der Waals surface area contributed by atoms with Gasteiger partial charge in [0.15, 0.2) is 0 Å². The van der Waals surface area contributed by atoms with E-state index in [1.807, 2.05) is 37.4 Å². The van der Waals surface area contributed by atoms with Crippen molar-refractivity contribution in [2.45, 2.75) is 6.04 Å². The van der Waals surface area contributed by atoms with Gasteiger partial charge >= 0.3 is 0 Å². The summed E-state index contributed by atoms with van der Waals surface area (Å²) < 4.78 is 0. The highest BCUT2D eigenvalue weighted by Crippen LogP contribution is 2.12. The van der Waals surface area contributed by atoms with Gasteiger partial charge in [-0.1, -0.05) is 30.3 Å². The molecule has 1 aliphatic rings. The summed E-state index contributed by atoms with van der Waals surface area (Å²) in [5.74, 6) is 0.177. The number of piperazine rings is 1. The maximum atomic E-state index is 11.6. The Balaban J connectivity index is 1.91. The van der Waals surface area contributed by atoms with E-state index in [1.165, 1.54) is 0 Å². The molecule has 1 amide bonds. The van der Waals surface area contributed by atoms with Crippen molar-refractivity contribution in [3.63, 3.8) is 0 Å². The molecule has 1 atom stereocenters. The number of benzene rings is 1. The maximum Gasteiger partial charge on any atom is 0.236 e. The van der Waals surface area contributed by atoms with Gasteiger partial charge in [0.1, 0.15) is 0 Å². The zero-order chi connectivity index (χ0) is 12.3. The van der Waals surface area contributed by atoms with Crippen LogP contribution in [0.25, 0.3) is 0 Å². The molecule has 92 valence electrons. The lowest BCUT2D eigenvalue weighted by Gasteiger charge is -2.33. The summed E-state index contributed by atoms with van der Waals surface area (Å²) in [7, 11) is 1.84. The first-order chi connectivity index (χ1) is 8.16. The van der Waals surface area contributed by atoms with Crippen LogP contribution < -0.4 is 5.73 Å². The van der Waals surface area contributed by atoms with E-state index >= 15 is 0 Å². The third kappa shape index (κ3) is 3.05. The summed E-state index contributed by atoms with van der Waals surface area (Å²) in [5, 5.41) is 0. The fourth-order valence-electron chi connectivity index (χ4n) is 2.05. The Hall–Kier alpha value is -1.39. The molecule has 4 heteroatoms. The molecule has 0 aliphatic carbocycles. The average molecular weight is 233 g/mol. The summed E-state index contributed by atoms with van der Waals surface area (Å²) in [6.07, 6.45) is 0. The number of carbonyl (C=O) groups is 1. The van der Waals surface area contributed by atoms with Crippen LogP contribution in [-0.4, -0.2) is 48.9 Å². The highest BCUT2D eigenvalue weighted by atomic mass is 16.2. The summed E-state index contributed by atoms with van der Waals surface area (Å²) in [6.45, 7) is 2.92. The predicted molar refractivity (Wildman–Crippen MR) is 67.4 cm³/mol. The van der Waals surface area contributed by atoms with Crippen LogP contribution in [-0.2, 0) is 4.79 Å². The number of likely N-dealkylation sites (N-methyl/N-ethyl adjacent to an activating group) is 1. The largest absolute Gasteiger partial charge is 0.343 e. The third-order valence-electron chi connectivity index (χ3n) is 3.22. The molecule has 1 aliphatic heterocycles. The van der Waals surface area contributed by atoms with Gasteiger partial charge in [0, 0.05) is 32.7 Å². The third-order valence-corrected chi connectivity index (χ3v) is 3.22. The molecule has 1 aromatic carbocycles. The quantitative estimate of drug-likeness (QED) is 0.825. The second kappa shape index (κ2) is 5.29. The number of nitrogens with two attached hydrogens (primary N) is 1. The topological polar surface area (TPSA) is 49.6 Å². The lowest BCUT2D eigenvalue weighted by molar-refractivity contribution is -0.134. The molecule has 17 heavy (non-hydrogen) atoms. The van der Waals surface area contributed by atoms with Gasteiger partial charge in [-0.3, -0.25) is 9.69 Å². The van der Waals surface area contributed by atoms with E-state index in [4.69, 9.17) is 5.73 Å². The summed E-state index contributed by atoms with van der Waals surface area (Å²) in [4.78, 5) is 15.5. The minimum Gasteiger partial charge on any atom is -0.343 e. The highest BCUT2D eigenvalue weighted by Gasteiger charge is 2.22. The fourth-order valence-corrected chi connectivity index (χ4v) is 2.05. The van der Waals surface area contributed by atoms with Gasteiger partial charge in [-0.05, 0) is 5.56 Å². The van der Waals surface area contributed by atoms with Crippen LogP contribution in [0, 0.1) is 0 Å². The van der Waals surface area contributed by atoms with Crippen molar-refractivity contribution in [2.75, 3.05) is 33.2 Å². The van der Waals surface area contributed by atoms with Gasteiger partial charge in [-0.15, -0.1) is 0 Å². The minimum absolute atomic E-state index is 0.0209. The van der Waals surface area contributed by atoms with Crippen LogP contribution in [0.15, 0.2) is 30.3 Å². The van der Waals surface area contributed by atoms with E-state index in [2.05, 4.69) is 4.90 Å². The van der Waals surface area contributed by atoms with Gasteiger partial charge in [0.05, 0.1) is 6.54 Å². The Kier molecular flexibility index (Phi) is 3.76. The first-order valence-electron chi connectivity index (χ1n) is 5.93. The van der Waals surface area contributed by atoms with Gasteiger partial charge in [-0.25, -0.2) is 0 Å². The maximum absolute atomic E-state index is 11.6. The number of hydrogen-bond acceptors (Lipinski definition) is 3. The van der Waals surface area contributed by atoms with Crippen molar-refractivity contribution in [1.29, 1.82) is 0 Å². The molecule has 0 radical (unpaired) electrons. The fraction of sp³-hybridized carbons (Fsp3) is 0.462. The molecule has 1 heterocycles. The normalized spacial score (nSPS) is 19.4. The summed E-state index contributed by atoms with van der Waals surface area (Å²) in [5.41, 5.74) is 7.26. The average Bonchev–Trinajstić information content (AvgIpc) is 2.35. The lowest BCUT2D eigenvalue weighted by Crippen LogP contribution is -2.50. The van der Waals surface area contributed by atoms with E-state index in [1.54, 1.807) is 4.90 Å². The van der Waals surface area contributed by atoms with Crippen molar-refractivity contribution < 1.29 is 4.79 Å². The van der Waals surface area contributed by atoms with E-state index < -0.39 is 0 Å². The van der Waals surface area contributed by atoms with Crippen molar-refractivity contribution >= 4 is 5.91 Å². The molecular weight excluding hydrogens is 214 g/mol. The molecule has 0 spiro atoms. The molecule has 1 unspecified atom stereocenters. The second-order valence-corrected chi connectivity index (χ2v) is 4.57. The first kappa shape index (κ1) is 12.1. The SMILES string of the molecule is CN1CCN(CC(N)c2ccccc2)CC1=O. The number of nitrogens with zero attached hydrogens (tertiary/aromatic N) is 2. The van der Waals surface area contributed by atoms with Gasteiger partial charge in [-0.2, -0.15) is 0 Å². The van der Waals surface area contributed by atoms with Gasteiger partial charge in [0.25, 0.3) is 0 Å². The zero-order valence-electron chi connectivity index (χ0n) is 10.2. The molecule has 2 N–H and O–H groups in total. The van der Waals surface area contributed by atoms with Crippen LogP contribution in [0.5, 0.6) is 0 Å². The molecular formula is C13H19N3O. The van der Waals surface area contributed by atoms with Gasteiger partial charge in [0.2, 0.25) is 5.91 Å². The lowest BCUT2D eigenvalue weighted by atomic mass is 10.1. The van der Waals surface area contributed by atoms with Crippen LogP contribution in [0.4, 0.5) is 0 Å².